The highest BCUT2D eigenvalue weighted by molar-refractivity contribution is 6.36. The molecule has 2 N–H and O–H groups in total. The van der Waals surface area contributed by atoms with Crippen LogP contribution in [0.5, 0.6) is 11.5 Å². The quantitative estimate of drug-likeness (QED) is 0.503. The molecule has 0 spiro atoms. The van der Waals surface area contributed by atoms with E-state index in [1.54, 1.807) is 79.7 Å². The Bertz CT molecular complexity index is 1240. The van der Waals surface area contributed by atoms with Crippen molar-refractivity contribution in [1.29, 1.82) is 0 Å². The Balaban J connectivity index is 1.70. The molecule has 7 nitrogen and oxygen atoms in total. The molecule has 0 aromatic heterocycles. The summed E-state index contributed by atoms with van der Waals surface area (Å²) < 4.78 is 12.0. The van der Waals surface area contributed by atoms with Gasteiger partial charge in [0.05, 0.1) is 24.8 Å². The number of benzene rings is 3. The highest BCUT2D eigenvalue weighted by Gasteiger charge is 2.48. The van der Waals surface area contributed by atoms with Gasteiger partial charge in [0, 0.05) is 16.1 Å². The molecule has 0 radical (unpaired) electrons. The van der Waals surface area contributed by atoms with E-state index in [2.05, 4.69) is 10.7 Å². The van der Waals surface area contributed by atoms with Crippen LogP contribution in [0.15, 0.2) is 66.7 Å². The van der Waals surface area contributed by atoms with Gasteiger partial charge in [-0.25, -0.2) is 0 Å². The SMILES string of the molecule is COc1ccc(C(=O)N[C@H]2C(=O)N/[N+](=C\c3ccc(Cl)cc3Cl)[C@H]2c2ccc(OC)cc2)cc1. The number of hydrogen-bond acceptors (Lipinski definition) is 4. The van der Waals surface area contributed by atoms with E-state index >= 15 is 0 Å². The van der Waals surface area contributed by atoms with Crippen LogP contribution in [0.1, 0.15) is 27.5 Å². The second-order valence-corrected chi connectivity index (χ2v) is 8.42. The Morgan fingerprint density at radius 2 is 1.59 bits per heavy atom. The largest absolute Gasteiger partial charge is 0.497 e. The molecule has 2 atom stereocenters. The Morgan fingerprint density at radius 1 is 0.971 bits per heavy atom. The second kappa shape index (κ2) is 10.2. The van der Waals surface area contributed by atoms with Crippen LogP contribution in [0.2, 0.25) is 10.0 Å². The van der Waals surface area contributed by atoms with Gasteiger partial charge in [0.1, 0.15) is 11.5 Å². The van der Waals surface area contributed by atoms with E-state index in [1.807, 2.05) is 12.1 Å². The molecule has 9 heteroatoms. The number of carbonyl (C=O) groups excluding carboxylic acids is 2. The molecule has 1 saturated heterocycles. The molecule has 1 fully saturated rings. The van der Waals surface area contributed by atoms with Crippen LogP contribution >= 0.6 is 23.2 Å². The molecule has 0 unspecified atom stereocenters. The van der Waals surface area contributed by atoms with Crippen molar-refractivity contribution in [3.05, 3.63) is 93.5 Å². The van der Waals surface area contributed by atoms with Gasteiger partial charge in [-0.2, -0.15) is 0 Å². The number of amides is 2. The lowest BCUT2D eigenvalue weighted by Gasteiger charge is -2.15. The van der Waals surface area contributed by atoms with Crippen LogP contribution in [0, 0.1) is 0 Å². The molecule has 0 aliphatic carbocycles. The number of halogens is 2. The number of methoxy groups -OCH3 is 2. The van der Waals surface area contributed by atoms with E-state index in [1.165, 1.54) is 0 Å². The molecule has 0 bridgehead atoms. The lowest BCUT2D eigenvalue weighted by molar-refractivity contribution is -0.596. The Kier molecular flexibility index (Phi) is 7.05. The number of ether oxygens (including phenoxy) is 2. The third-order valence-corrected chi connectivity index (χ3v) is 6.04. The summed E-state index contributed by atoms with van der Waals surface area (Å²) in [5, 5.41) is 3.80. The third kappa shape index (κ3) is 5.00. The summed E-state index contributed by atoms with van der Waals surface area (Å²) in [4.78, 5) is 26.0. The lowest BCUT2D eigenvalue weighted by Crippen LogP contribution is -2.42. The topological polar surface area (TPSA) is 79.7 Å². The number of carbonyl (C=O) groups is 2. The van der Waals surface area contributed by atoms with Gasteiger partial charge >= 0.3 is 5.91 Å². The summed E-state index contributed by atoms with van der Waals surface area (Å²) >= 11 is 12.4. The Hall–Kier alpha value is -3.55. The van der Waals surface area contributed by atoms with Gasteiger partial charge in [-0.1, -0.05) is 23.2 Å². The zero-order chi connectivity index (χ0) is 24.2. The second-order valence-electron chi connectivity index (χ2n) is 7.58. The molecular formula is C25H22Cl2N3O4+. The molecule has 1 aliphatic heterocycles. The molecule has 4 rings (SSSR count). The maximum atomic E-state index is 13.0. The van der Waals surface area contributed by atoms with Gasteiger partial charge in [-0.15, -0.1) is 10.1 Å². The molecule has 3 aromatic rings. The molecule has 174 valence electrons. The zero-order valence-corrected chi connectivity index (χ0v) is 19.9. The minimum absolute atomic E-state index is 0.357. The first kappa shape index (κ1) is 23.6. The minimum Gasteiger partial charge on any atom is -0.497 e. The van der Waals surface area contributed by atoms with Crippen molar-refractivity contribution < 1.29 is 23.7 Å². The Labute approximate surface area is 206 Å². The maximum absolute atomic E-state index is 13.0. The van der Waals surface area contributed by atoms with Gasteiger partial charge in [0.2, 0.25) is 12.3 Å². The van der Waals surface area contributed by atoms with E-state index in [4.69, 9.17) is 32.7 Å². The van der Waals surface area contributed by atoms with Crippen LogP contribution in [-0.4, -0.2) is 43.0 Å². The number of rotatable bonds is 6. The molecule has 34 heavy (non-hydrogen) atoms. The number of nitrogens with one attached hydrogen (secondary N) is 2. The summed E-state index contributed by atoms with van der Waals surface area (Å²) in [6.07, 6.45) is 1.71. The molecule has 1 heterocycles. The summed E-state index contributed by atoms with van der Waals surface area (Å²) in [5.74, 6) is 0.569. The molecular weight excluding hydrogens is 477 g/mol. The first-order valence-electron chi connectivity index (χ1n) is 10.4. The molecule has 0 saturated carbocycles. The number of hydrogen-bond donors (Lipinski definition) is 2. The minimum atomic E-state index is -0.870. The highest BCUT2D eigenvalue weighted by Crippen LogP contribution is 2.28. The van der Waals surface area contributed by atoms with Crippen molar-refractivity contribution in [2.24, 2.45) is 0 Å². The highest BCUT2D eigenvalue weighted by atomic mass is 35.5. The van der Waals surface area contributed by atoms with Gasteiger partial charge in [-0.3, -0.25) is 9.59 Å². The molecule has 3 aromatic carbocycles. The molecule has 1 aliphatic rings. The third-order valence-electron chi connectivity index (χ3n) is 5.47. The molecule has 2 amide bonds. The summed E-state index contributed by atoms with van der Waals surface area (Å²) in [7, 11) is 3.13. The van der Waals surface area contributed by atoms with Crippen LogP contribution in [-0.2, 0) is 4.79 Å². The van der Waals surface area contributed by atoms with E-state index in [9.17, 15) is 9.59 Å². The van der Waals surface area contributed by atoms with Crippen molar-refractivity contribution >= 4 is 41.2 Å². The smallest absolute Gasteiger partial charge is 0.304 e. The average Bonchev–Trinajstić information content (AvgIpc) is 3.15. The number of hydrazone groups is 1. The van der Waals surface area contributed by atoms with E-state index in [0.717, 1.165) is 5.56 Å². The predicted octanol–water partition coefficient (Wildman–Crippen LogP) is 4.03. The van der Waals surface area contributed by atoms with Crippen molar-refractivity contribution in [1.82, 2.24) is 10.7 Å². The van der Waals surface area contributed by atoms with Crippen molar-refractivity contribution in [2.75, 3.05) is 14.2 Å². The average molecular weight is 499 g/mol. The zero-order valence-electron chi connectivity index (χ0n) is 18.4. The van der Waals surface area contributed by atoms with Gasteiger partial charge in [0.25, 0.3) is 5.91 Å². The fourth-order valence-electron chi connectivity index (χ4n) is 3.70. The van der Waals surface area contributed by atoms with Crippen LogP contribution in [0.3, 0.4) is 0 Å². The Morgan fingerprint density at radius 3 is 2.18 bits per heavy atom. The van der Waals surface area contributed by atoms with Gasteiger partial charge in [-0.05, 0) is 66.7 Å². The summed E-state index contributed by atoms with van der Waals surface area (Å²) in [5.41, 5.74) is 4.69. The maximum Gasteiger partial charge on any atom is 0.304 e. The monoisotopic (exact) mass is 498 g/mol. The van der Waals surface area contributed by atoms with Crippen molar-refractivity contribution in [2.45, 2.75) is 12.1 Å². The predicted molar refractivity (Wildman–Crippen MR) is 130 cm³/mol. The fourth-order valence-corrected chi connectivity index (χ4v) is 4.16. The first-order valence-corrected chi connectivity index (χ1v) is 11.1. The van der Waals surface area contributed by atoms with Crippen molar-refractivity contribution in [3.8, 4) is 11.5 Å². The van der Waals surface area contributed by atoms with E-state index in [-0.39, 0.29) is 11.8 Å². The van der Waals surface area contributed by atoms with Crippen molar-refractivity contribution in [3.63, 3.8) is 0 Å². The van der Waals surface area contributed by atoms with Crippen LogP contribution < -0.4 is 20.2 Å². The lowest BCUT2D eigenvalue weighted by atomic mass is 9.99. The van der Waals surface area contributed by atoms with E-state index in [0.29, 0.717) is 32.7 Å². The standard InChI is InChI=1S/C25H21Cl2N3O4/c1-33-19-9-4-15(5-10-19)23-22(28-24(31)16-6-11-20(34-2)12-7-16)25(32)29-30(23)14-17-3-8-18(26)13-21(17)27/h3-14,22-23H,1-2H3,(H-,28,29,31,32)/p+1/b30-14-/t22-,23+/m1/s1. The fraction of sp³-hybridized carbons (Fsp3) is 0.160. The summed E-state index contributed by atoms with van der Waals surface area (Å²) in [6, 6.07) is 17.6. The van der Waals surface area contributed by atoms with Crippen LogP contribution in [0.4, 0.5) is 0 Å². The van der Waals surface area contributed by atoms with Gasteiger partial charge < -0.3 is 14.8 Å². The number of hydrazine groups is 1. The normalized spacial score (nSPS) is 18.5. The van der Waals surface area contributed by atoms with Gasteiger partial charge in [0.15, 0.2) is 6.04 Å². The summed E-state index contributed by atoms with van der Waals surface area (Å²) in [6.45, 7) is 0. The number of nitrogens with zero attached hydrogens (tertiary/aromatic N) is 1. The van der Waals surface area contributed by atoms with Crippen LogP contribution in [0.25, 0.3) is 0 Å². The van der Waals surface area contributed by atoms with E-state index < -0.39 is 12.1 Å². The first-order chi connectivity index (χ1) is 16.4.